The normalized spacial score (nSPS) is 11.9. The Labute approximate surface area is 105 Å². The van der Waals surface area contributed by atoms with Crippen LogP contribution in [-0.2, 0) is 16.0 Å². The zero-order valence-electron chi connectivity index (χ0n) is 10.4. The number of carbonyl (C=O) groups is 2. The van der Waals surface area contributed by atoms with Crippen LogP contribution >= 0.6 is 0 Å². The number of likely N-dealkylation sites (N-methyl/N-ethyl adjacent to an activating group) is 1. The van der Waals surface area contributed by atoms with E-state index in [1.54, 1.807) is 25.1 Å². The largest absolute Gasteiger partial charge is 0.480 e. The minimum atomic E-state index is -1.07. The van der Waals surface area contributed by atoms with E-state index in [0.717, 1.165) is 4.90 Å². The molecule has 0 saturated carbocycles. The Morgan fingerprint density at radius 1 is 1.39 bits per heavy atom. The first-order chi connectivity index (χ1) is 8.41. The van der Waals surface area contributed by atoms with Crippen molar-refractivity contribution in [2.75, 3.05) is 13.6 Å². The Balaban J connectivity index is 2.65. The maximum Gasteiger partial charge on any atom is 0.323 e. The minimum absolute atomic E-state index is 0.259. The van der Waals surface area contributed by atoms with Gasteiger partial charge in [0.05, 0.1) is 0 Å². The van der Waals surface area contributed by atoms with Gasteiger partial charge in [-0.2, -0.15) is 0 Å². The summed E-state index contributed by atoms with van der Waals surface area (Å²) in [5.74, 6) is -2.17. The van der Waals surface area contributed by atoms with Gasteiger partial charge in [-0.3, -0.25) is 9.59 Å². The van der Waals surface area contributed by atoms with Crippen LogP contribution in [0, 0.1) is 11.7 Å². The number of aliphatic carboxylic acids is 1. The number of hydrogen-bond donors (Lipinski definition) is 1. The third-order valence-corrected chi connectivity index (χ3v) is 2.65. The number of nitrogens with zero attached hydrogens (tertiary/aromatic N) is 1. The van der Waals surface area contributed by atoms with Crippen molar-refractivity contribution in [2.45, 2.75) is 13.3 Å². The summed E-state index contributed by atoms with van der Waals surface area (Å²) in [5, 5.41) is 8.59. The summed E-state index contributed by atoms with van der Waals surface area (Å²) in [7, 11) is 1.42. The third-order valence-electron chi connectivity index (χ3n) is 2.65. The van der Waals surface area contributed by atoms with Crippen molar-refractivity contribution in [1.82, 2.24) is 4.90 Å². The molecule has 1 N–H and O–H groups in total. The van der Waals surface area contributed by atoms with Crippen molar-refractivity contribution >= 4 is 11.9 Å². The molecule has 0 saturated heterocycles. The zero-order chi connectivity index (χ0) is 13.7. The maximum absolute atomic E-state index is 13.4. The van der Waals surface area contributed by atoms with Gasteiger partial charge in [0, 0.05) is 13.0 Å². The number of carbonyl (C=O) groups excluding carboxylic acids is 1. The van der Waals surface area contributed by atoms with Crippen LogP contribution in [0.3, 0.4) is 0 Å². The van der Waals surface area contributed by atoms with Crippen LogP contribution in [0.5, 0.6) is 0 Å². The molecule has 1 aromatic rings. The first-order valence-corrected chi connectivity index (χ1v) is 5.62. The molecule has 0 aliphatic heterocycles. The molecule has 1 rings (SSSR count). The third kappa shape index (κ3) is 3.84. The number of rotatable bonds is 5. The van der Waals surface area contributed by atoms with Gasteiger partial charge in [-0.1, -0.05) is 25.1 Å². The van der Waals surface area contributed by atoms with E-state index in [2.05, 4.69) is 0 Å². The highest BCUT2D eigenvalue weighted by molar-refractivity contribution is 5.82. The van der Waals surface area contributed by atoms with E-state index in [1.165, 1.54) is 13.1 Å². The molecule has 0 aliphatic rings. The highest BCUT2D eigenvalue weighted by Gasteiger charge is 2.20. The molecule has 1 aromatic carbocycles. The molecule has 98 valence electrons. The molecule has 1 amide bonds. The van der Waals surface area contributed by atoms with E-state index in [0.29, 0.717) is 5.56 Å². The summed E-state index contributed by atoms with van der Waals surface area (Å²) in [6.07, 6.45) is 0.259. The molecule has 0 aliphatic carbocycles. The fourth-order valence-corrected chi connectivity index (χ4v) is 1.74. The van der Waals surface area contributed by atoms with Gasteiger partial charge in [0.1, 0.15) is 12.4 Å². The van der Waals surface area contributed by atoms with Crippen LogP contribution in [-0.4, -0.2) is 35.5 Å². The van der Waals surface area contributed by atoms with Crippen molar-refractivity contribution < 1.29 is 19.1 Å². The lowest BCUT2D eigenvalue weighted by Crippen LogP contribution is -2.36. The lowest BCUT2D eigenvalue weighted by molar-refractivity contribution is -0.144. The molecule has 0 aromatic heterocycles. The molecule has 0 fully saturated rings. The quantitative estimate of drug-likeness (QED) is 0.866. The molecule has 4 nitrogen and oxygen atoms in total. The summed E-state index contributed by atoms with van der Waals surface area (Å²) in [6.45, 7) is 1.31. The smallest absolute Gasteiger partial charge is 0.323 e. The van der Waals surface area contributed by atoms with Gasteiger partial charge in [0.15, 0.2) is 0 Å². The van der Waals surface area contributed by atoms with Gasteiger partial charge in [-0.25, -0.2) is 4.39 Å². The molecule has 0 radical (unpaired) electrons. The Kier molecular flexibility index (Phi) is 4.83. The molecule has 0 spiro atoms. The molecule has 18 heavy (non-hydrogen) atoms. The summed E-state index contributed by atoms with van der Waals surface area (Å²) >= 11 is 0. The number of halogens is 1. The predicted octanol–water partition coefficient (Wildman–Crippen LogP) is 1.55. The summed E-state index contributed by atoms with van der Waals surface area (Å²) in [6, 6.07) is 6.25. The second-order valence-corrected chi connectivity index (χ2v) is 4.28. The van der Waals surface area contributed by atoms with Crippen LogP contribution in [0.1, 0.15) is 12.5 Å². The Bertz CT molecular complexity index is 448. The number of carboxylic acid groups (broad SMARTS) is 1. The van der Waals surface area contributed by atoms with E-state index < -0.39 is 11.9 Å². The number of carboxylic acids is 1. The topological polar surface area (TPSA) is 57.6 Å². The molecule has 5 heteroatoms. The van der Waals surface area contributed by atoms with Gasteiger partial charge in [-0.05, 0) is 18.1 Å². The van der Waals surface area contributed by atoms with Gasteiger partial charge < -0.3 is 10.0 Å². The van der Waals surface area contributed by atoms with Gasteiger partial charge >= 0.3 is 5.97 Å². The summed E-state index contributed by atoms with van der Waals surface area (Å²) < 4.78 is 13.4. The Morgan fingerprint density at radius 2 is 2.00 bits per heavy atom. The summed E-state index contributed by atoms with van der Waals surface area (Å²) in [5.41, 5.74) is 0.460. The van der Waals surface area contributed by atoms with Crippen LogP contribution < -0.4 is 0 Å². The first kappa shape index (κ1) is 14.2. The fourth-order valence-electron chi connectivity index (χ4n) is 1.74. The predicted molar refractivity (Wildman–Crippen MR) is 64.5 cm³/mol. The lowest BCUT2D eigenvalue weighted by Gasteiger charge is -2.19. The minimum Gasteiger partial charge on any atom is -0.480 e. The average Bonchev–Trinajstić information content (AvgIpc) is 2.30. The van der Waals surface area contributed by atoms with Crippen molar-refractivity contribution in [2.24, 2.45) is 5.92 Å². The van der Waals surface area contributed by atoms with Crippen molar-refractivity contribution in [3.05, 3.63) is 35.6 Å². The fraction of sp³-hybridized carbons (Fsp3) is 0.385. The Morgan fingerprint density at radius 3 is 2.56 bits per heavy atom. The molecule has 0 heterocycles. The van der Waals surface area contributed by atoms with Gasteiger partial charge in [0.25, 0.3) is 0 Å². The Hall–Kier alpha value is -1.91. The highest BCUT2D eigenvalue weighted by Crippen LogP contribution is 2.14. The molecular weight excluding hydrogens is 237 g/mol. The highest BCUT2D eigenvalue weighted by atomic mass is 19.1. The van der Waals surface area contributed by atoms with E-state index in [9.17, 15) is 14.0 Å². The second kappa shape index (κ2) is 6.14. The molecular formula is C13H16FNO3. The van der Waals surface area contributed by atoms with E-state index >= 15 is 0 Å². The number of benzene rings is 1. The maximum atomic E-state index is 13.4. The van der Waals surface area contributed by atoms with E-state index in [-0.39, 0.29) is 24.7 Å². The van der Waals surface area contributed by atoms with E-state index in [4.69, 9.17) is 5.11 Å². The van der Waals surface area contributed by atoms with Crippen molar-refractivity contribution in [3.63, 3.8) is 0 Å². The first-order valence-electron chi connectivity index (χ1n) is 5.62. The molecule has 1 unspecified atom stereocenters. The molecule has 1 atom stereocenters. The van der Waals surface area contributed by atoms with Gasteiger partial charge in [-0.15, -0.1) is 0 Å². The van der Waals surface area contributed by atoms with Gasteiger partial charge in [0.2, 0.25) is 5.91 Å². The zero-order valence-corrected chi connectivity index (χ0v) is 10.4. The SMILES string of the molecule is CC(Cc1ccccc1F)C(=O)N(C)CC(=O)O. The number of hydrogen-bond acceptors (Lipinski definition) is 2. The molecule has 0 bridgehead atoms. The van der Waals surface area contributed by atoms with Crippen LogP contribution in [0.4, 0.5) is 4.39 Å². The summed E-state index contributed by atoms with van der Waals surface area (Å²) in [4.78, 5) is 23.5. The van der Waals surface area contributed by atoms with Crippen molar-refractivity contribution in [1.29, 1.82) is 0 Å². The van der Waals surface area contributed by atoms with E-state index in [1.807, 2.05) is 0 Å². The van der Waals surface area contributed by atoms with Crippen LogP contribution in [0.2, 0.25) is 0 Å². The van der Waals surface area contributed by atoms with Crippen LogP contribution in [0.25, 0.3) is 0 Å². The van der Waals surface area contributed by atoms with Crippen LogP contribution in [0.15, 0.2) is 24.3 Å². The number of amides is 1. The average molecular weight is 253 g/mol. The standard InChI is InChI=1S/C13H16FNO3/c1-9(13(18)15(2)8-12(16)17)7-10-5-3-4-6-11(10)14/h3-6,9H,7-8H2,1-2H3,(H,16,17). The monoisotopic (exact) mass is 253 g/mol. The van der Waals surface area contributed by atoms with Crippen molar-refractivity contribution in [3.8, 4) is 0 Å². The second-order valence-electron chi connectivity index (χ2n) is 4.28. The lowest BCUT2D eigenvalue weighted by atomic mass is 9.99.